The van der Waals surface area contributed by atoms with Gasteiger partial charge in [0.2, 0.25) is 0 Å². The standard InChI is InChI=1S/C17H23N7/c1-18-15-8-16(22-11-21-15)24-7-3-4-12(24)9-19-17-13-5-2-6-14(13)20-10-23-17/h8,10-12H,2-7,9H2,1H3,(H,18,21,22)(H,19,20,23)/t12-/m1/s1. The molecule has 3 heterocycles. The molecule has 24 heavy (non-hydrogen) atoms. The van der Waals surface area contributed by atoms with Gasteiger partial charge in [-0.2, -0.15) is 0 Å². The number of aryl methyl sites for hydroxylation is 1. The van der Waals surface area contributed by atoms with Crippen LogP contribution in [0.1, 0.15) is 30.5 Å². The Kier molecular flexibility index (Phi) is 4.15. The van der Waals surface area contributed by atoms with Gasteiger partial charge < -0.3 is 15.5 Å². The van der Waals surface area contributed by atoms with E-state index in [1.54, 1.807) is 12.7 Å². The van der Waals surface area contributed by atoms with Gasteiger partial charge in [-0.15, -0.1) is 0 Å². The summed E-state index contributed by atoms with van der Waals surface area (Å²) in [4.78, 5) is 19.9. The molecule has 0 aromatic carbocycles. The SMILES string of the molecule is CNc1cc(N2CCC[C@@H]2CNc2ncnc3c2CCC3)ncn1. The van der Waals surface area contributed by atoms with Crippen molar-refractivity contribution < 1.29 is 0 Å². The van der Waals surface area contributed by atoms with Crippen molar-refractivity contribution in [2.24, 2.45) is 0 Å². The van der Waals surface area contributed by atoms with E-state index >= 15 is 0 Å². The van der Waals surface area contributed by atoms with Crippen molar-refractivity contribution in [3.05, 3.63) is 30.0 Å². The summed E-state index contributed by atoms with van der Waals surface area (Å²) in [7, 11) is 1.88. The molecule has 0 saturated carbocycles. The van der Waals surface area contributed by atoms with E-state index in [0.29, 0.717) is 6.04 Å². The predicted molar refractivity (Wildman–Crippen MR) is 94.5 cm³/mol. The zero-order valence-electron chi connectivity index (χ0n) is 14.0. The normalized spacial score (nSPS) is 19.4. The van der Waals surface area contributed by atoms with Crippen LogP contribution in [0.15, 0.2) is 18.7 Å². The minimum atomic E-state index is 0.427. The first-order chi connectivity index (χ1) is 11.8. The van der Waals surface area contributed by atoms with E-state index in [1.165, 1.54) is 30.5 Å². The fourth-order valence-corrected chi connectivity index (χ4v) is 3.72. The van der Waals surface area contributed by atoms with Crippen molar-refractivity contribution in [3.63, 3.8) is 0 Å². The first kappa shape index (κ1) is 15.1. The Hall–Kier alpha value is -2.44. The highest BCUT2D eigenvalue weighted by Crippen LogP contribution is 2.27. The molecule has 2 aliphatic rings. The molecule has 1 aliphatic heterocycles. The molecule has 0 bridgehead atoms. The summed E-state index contributed by atoms with van der Waals surface area (Å²) < 4.78 is 0. The molecule has 2 aromatic heterocycles. The van der Waals surface area contributed by atoms with Crippen LogP contribution in [0.4, 0.5) is 17.5 Å². The molecule has 1 aliphatic carbocycles. The third-order valence-electron chi connectivity index (χ3n) is 4.96. The number of anilines is 3. The van der Waals surface area contributed by atoms with Gasteiger partial charge in [-0.05, 0) is 32.1 Å². The van der Waals surface area contributed by atoms with Gasteiger partial charge >= 0.3 is 0 Å². The van der Waals surface area contributed by atoms with Gasteiger partial charge in [-0.1, -0.05) is 0 Å². The molecule has 4 rings (SSSR count). The van der Waals surface area contributed by atoms with Crippen LogP contribution < -0.4 is 15.5 Å². The monoisotopic (exact) mass is 325 g/mol. The fraction of sp³-hybridized carbons (Fsp3) is 0.529. The minimum Gasteiger partial charge on any atom is -0.373 e. The predicted octanol–water partition coefficient (Wildman–Crippen LogP) is 1.88. The summed E-state index contributed by atoms with van der Waals surface area (Å²) in [5.74, 6) is 2.86. The molecule has 1 fully saturated rings. The second kappa shape index (κ2) is 6.59. The Morgan fingerprint density at radius 3 is 2.96 bits per heavy atom. The highest BCUT2D eigenvalue weighted by molar-refractivity contribution is 5.51. The third kappa shape index (κ3) is 2.86. The Labute approximate surface area is 141 Å². The molecule has 1 saturated heterocycles. The van der Waals surface area contributed by atoms with Gasteiger partial charge in [-0.25, -0.2) is 19.9 Å². The zero-order chi connectivity index (χ0) is 16.4. The number of hydrogen-bond acceptors (Lipinski definition) is 7. The van der Waals surface area contributed by atoms with Crippen molar-refractivity contribution in [2.75, 3.05) is 35.7 Å². The first-order valence-electron chi connectivity index (χ1n) is 8.68. The number of hydrogen-bond donors (Lipinski definition) is 2. The molecule has 0 spiro atoms. The van der Waals surface area contributed by atoms with Gasteiger partial charge in [0.25, 0.3) is 0 Å². The molecule has 0 radical (unpaired) electrons. The van der Waals surface area contributed by atoms with E-state index in [-0.39, 0.29) is 0 Å². The maximum Gasteiger partial charge on any atom is 0.134 e. The minimum absolute atomic E-state index is 0.427. The van der Waals surface area contributed by atoms with Crippen LogP contribution in [-0.2, 0) is 12.8 Å². The lowest BCUT2D eigenvalue weighted by atomic mass is 10.2. The highest BCUT2D eigenvalue weighted by atomic mass is 15.3. The summed E-state index contributed by atoms with van der Waals surface area (Å²) in [5, 5.41) is 6.64. The lowest BCUT2D eigenvalue weighted by Gasteiger charge is -2.26. The van der Waals surface area contributed by atoms with Gasteiger partial charge in [0.1, 0.15) is 30.1 Å². The lowest BCUT2D eigenvalue weighted by Crippen LogP contribution is -2.35. The molecular formula is C17H23N7. The van der Waals surface area contributed by atoms with Crippen molar-refractivity contribution in [2.45, 2.75) is 38.1 Å². The summed E-state index contributed by atoms with van der Waals surface area (Å²) in [6.45, 7) is 1.91. The van der Waals surface area contributed by atoms with Crippen LogP contribution in [-0.4, -0.2) is 46.1 Å². The number of aromatic nitrogens is 4. The van der Waals surface area contributed by atoms with E-state index < -0.39 is 0 Å². The maximum atomic E-state index is 4.46. The van der Waals surface area contributed by atoms with Gasteiger partial charge in [0.05, 0.1) is 0 Å². The van der Waals surface area contributed by atoms with Gasteiger partial charge in [0, 0.05) is 43.5 Å². The molecule has 0 unspecified atom stereocenters. The van der Waals surface area contributed by atoms with Crippen LogP contribution >= 0.6 is 0 Å². The van der Waals surface area contributed by atoms with Gasteiger partial charge in [-0.3, -0.25) is 0 Å². The summed E-state index contributed by atoms with van der Waals surface area (Å²) in [6.07, 6.45) is 9.02. The summed E-state index contributed by atoms with van der Waals surface area (Å²) in [5.41, 5.74) is 2.52. The average molecular weight is 325 g/mol. The summed E-state index contributed by atoms with van der Waals surface area (Å²) in [6, 6.07) is 2.44. The van der Waals surface area contributed by atoms with Crippen LogP contribution in [0.3, 0.4) is 0 Å². The fourth-order valence-electron chi connectivity index (χ4n) is 3.72. The molecule has 2 aromatic rings. The zero-order valence-corrected chi connectivity index (χ0v) is 14.0. The molecule has 0 amide bonds. The van der Waals surface area contributed by atoms with Crippen LogP contribution in [0.2, 0.25) is 0 Å². The Morgan fingerprint density at radius 2 is 2.04 bits per heavy atom. The number of nitrogens with zero attached hydrogens (tertiary/aromatic N) is 5. The van der Waals surface area contributed by atoms with E-state index in [0.717, 1.165) is 43.4 Å². The second-order valence-electron chi connectivity index (χ2n) is 6.38. The molecule has 7 heteroatoms. The molecule has 2 N–H and O–H groups in total. The van der Waals surface area contributed by atoms with Crippen molar-refractivity contribution >= 4 is 17.5 Å². The summed E-state index contributed by atoms with van der Waals surface area (Å²) >= 11 is 0. The van der Waals surface area contributed by atoms with E-state index in [4.69, 9.17) is 0 Å². The molecule has 1 atom stereocenters. The smallest absolute Gasteiger partial charge is 0.134 e. The second-order valence-corrected chi connectivity index (χ2v) is 6.38. The average Bonchev–Trinajstić information content (AvgIpc) is 3.29. The van der Waals surface area contributed by atoms with Crippen molar-refractivity contribution in [1.29, 1.82) is 0 Å². The molecule has 126 valence electrons. The maximum absolute atomic E-state index is 4.46. The molecule has 7 nitrogen and oxygen atoms in total. The third-order valence-corrected chi connectivity index (χ3v) is 4.96. The van der Waals surface area contributed by atoms with Crippen LogP contribution in [0.25, 0.3) is 0 Å². The van der Waals surface area contributed by atoms with E-state index in [9.17, 15) is 0 Å². The largest absolute Gasteiger partial charge is 0.373 e. The quantitative estimate of drug-likeness (QED) is 0.869. The van der Waals surface area contributed by atoms with E-state index in [1.807, 2.05) is 13.1 Å². The van der Waals surface area contributed by atoms with Crippen molar-refractivity contribution in [1.82, 2.24) is 19.9 Å². The molecular weight excluding hydrogens is 302 g/mol. The van der Waals surface area contributed by atoms with Crippen molar-refractivity contribution in [3.8, 4) is 0 Å². The highest BCUT2D eigenvalue weighted by Gasteiger charge is 2.26. The Bertz CT molecular complexity index is 718. The Balaban J connectivity index is 1.47. The van der Waals surface area contributed by atoms with Crippen LogP contribution in [0, 0.1) is 0 Å². The first-order valence-corrected chi connectivity index (χ1v) is 8.68. The van der Waals surface area contributed by atoms with Gasteiger partial charge in [0.15, 0.2) is 0 Å². The Morgan fingerprint density at radius 1 is 1.12 bits per heavy atom. The van der Waals surface area contributed by atoms with Crippen LogP contribution in [0.5, 0.6) is 0 Å². The number of nitrogens with one attached hydrogen (secondary N) is 2. The lowest BCUT2D eigenvalue weighted by molar-refractivity contribution is 0.688. The topological polar surface area (TPSA) is 78.9 Å². The number of fused-ring (bicyclic) bond motifs is 1. The number of rotatable bonds is 5. The van der Waals surface area contributed by atoms with E-state index in [2.05, 4.69) is 35.5 Å².